The molecule has 1 atom stereocenters. The Kier molecular flexibility index (Phi) is 6.96. The Morgan fingerprint density at radius 1 is 1.00 bits per heavy atom. The zero-order valence-corrected chi connectivity index (χ0v) is 19.3. The van der Waals surface area contributed by atoms with Crippen LogP contribution in [0.1, 0.15) is 44.9 Å². The zero-order chi connectivity index (χ0) is 23.4. The Balaban J connectivity index is 1.40. The van der Waals surface area contributed by atoms with Gasteiger partial charge in [0.15, 0.2) is 9.84 Å². The zero-order valence-electron chi connectivity index (χ0n) is 18.5. The summed E-state index contributed by atoms with van der Waals surface area (Å²) in [6.07, 6.45) is 4.88. The number of hydrogen-bond acceptors (Lipinski definition) is 6. The number of anilines is 2. The van der Waals surface area contributed by atoms with Crippen LogP contribution in [0.2, 0.25) is 0 Å². The third-order valence-electron chi connectivity index (χ3n) is 6.14. The van der Waals surface area contributed by atoms with Gasteiger partial charge in [0.2, 0.25) is 5.91 Å². The van der Waals surface area contributed by atoms with Gasteiger partial charge >= 0.3 is 6.03 Å². The van der Waals surface area contributed by atoms with Crippen LogP contribution in [0.15, 0.2) is 29.4 Å². The van der Waals surface area contributed by atoms with Gasteiger partial charge in [-0.3, -0.25) is 9.59 Å². The Hall–Kier alpha value is -2.95. The lowest BCUT2D eigenvalue weighted by molar-refractivity contribution is -0.133. The van der Waals surface area contributed by atoms with Crippen LogP contribution in [-0.2, 0) is 19.4 Å². The van der Waals surface area contributed by atoms with Crippen LogP contribution in [0.25, 0.3) is 0 Å². The van der Waals surface area contributed by atoms with Gasteiger partial charge in [0.1, 0.15) is 5.71 Å². The summed E-state index contributed by atoms with van der Waals surface area (Å²) in [7, 11) is -3.18. The molecule has 1 aromatic carbocycles. The predicted molar refractivity (Wildman–Crippen MR) is 125 cm³/mol. The lowest BCUT2D eigenvalue weighted by Gasteiger charge is -2.27. The van der Waals surface area contributed by atoms with Gasteiger partial charge < -0.3 is 15.5 Å². The van der Waals surface area contributed by atoms with Gasteiger partial charge in [-0.1, -0.05) is 18.9 Å². The van der Waals surface area contributed by atoms with E-state index in [-0.39, 0.29) is 42.0 Å². The molecule has 4 amide bonds. The summed E-state index contributed by atoms with van der Waals surface area (Å²) in [6, 6.07) is 6.18. The average Bonchev–Trinajstić information content (AvgIpc) is 2.97. The van der Waals surface area contributed by atoms with E-state index in [0.717, 1.165) is 38.8 Å². The maximum absolute atomic E-state index is 12.8. The number of urea groups is 1. The quantitative estimate of drug-likeness (QED) is 0.690. The number of rotatable bonds is 4. The number of sulfone groups is 1. The van der Waals surface area contributed by atoms with Crippen LogP contribution in [-0.4, -0.2) is 72.5 Å². The molecule has 2 saturated heterocycles. The molecule has 2 fully saturated rings. The molecule has 3 heterocycles. The highest BCUT2D eigenvalue weighted by Crippen LogP contribution is 2.23. The highest BCUT2D eigenvalue weighted by atomic mass is 32.2. The maximum Gasteiger partial charge on any atom is 0.321 e. The van der Waals surface area contributed by atoms with Gasteiger partial charge in [-0.25, -0.2) is 18.2 Å². The number of likely N-dealkylation sites (tertiary alicyclic amines) is 1. The first-order chi connectivity index (χ1) is 15.8. The van der Waals surface area contributed by atoms with Gasteiger partial charge in [0, 0.05) is 37.3 Å². The number of hydrazone groups is 1. The standard InChI is InChI=1S/C22H29N5O5S/c28-20-9-8-19(25-27(20)18-10-13-33(31,32)15-18)21(29)23-16-6-5-7-17(14-16)24-22(30)26-11-3-1-2-4-12-26/h5-7,14,18H,1-4,8-13,15H2,(H,23,29)(H,24,30)/t18-/m1/s1. The van der Waals surface area contributed by atoms with E-state index in [1.54, 1.807) is 24.3 Å². The molecule has 0 aromatic heterocycles. The van der Waals surface area contributed by atoms with Crippen LogP contribution in [0.4, 0.5) is 16.2 Å². The van der Waals surface area contributed by atoms with Crippen molar-refractivity contribution >= 4 is 44.8 Å². The van der Waals surface area contributed by atoms with E-state index in [2.05, 4.69) is 15.7 Å². The summed E-state index contributed by atoms with van der Waals surface area (Å²) in [5.74, 6) is -0.833. The second-order valence-electron chi connectivity index (χ2n) is 8.71. The normalized spacial score (nSPS) is 23.0. The van der Waals surface area contributed by atoms with Gasteiger partial charge in [-0.05, 0) is 37.5 Å². The number of carbonyl (C=O) groups is 3. The van der Waals surface area contributed by atoms with Crippen molar-refractivity contribution in [2.24, 2.45) is 5.10 Å². The van der Waals surface area contributed by atoms with Crippen molar-refractivity contribution < 1.29 is 22.8 Å². The molecule has 10 nitrogen and oxygen atoms in total. The van der Waals surface area contributed by atoms with Gasteiger partial charge in [0.25, 0.3) is 5.91 Å². The number of carbonyl (C=O) groups excluding carboxylic acids is 3. The van der Waals surface area contributed by atoms with Crippen molar-refractivity contribution in [3.05, 3.63) is 24.3 Å². The van der Waals surface area contributed by atoms with E-state index in [0.29, 0.717) is 17.8 Å². The summed E-state index contributed by atoms with van der Waals surface area (Å²) in [4.78, 5) is 39.4. The number of nitrogens with one attached hydrogen (secondary N) is 2. The van der Waals surface area contributed by atoms with Crippen LogP contribution in [0, 0.1) is 0 Å². The van der Waals surface area contributed by atoms with E-state index in [1.807, 2.05) is 4.90 Å². The molecule has 11 heteroatoms. The molecular weight excluding hydrogens is 446 g/mol. The van der Waals surface area contributed by atoms with E-state index in [4.69, 9.17) is 0 Å². The van der Waals surface area contributed by atoms with E-state index >= 15 is 0 Å². The third kappa shape index (κ3) is 5.89. The largest absolute Gasteiger partial charge is 0.325 e. The van der Waals surface area contributed by atoms with Gasteiger partial charge in [0.05, 0.1) is 17.5 Å². The second-order valence-corrected chi connectivity index (χ2v) is 10.9. The fraction of sp³-hybridized carbons (Fsp3) is 0.545. The van der Waals surface area contributed by atoms with Crippen molar-refractivity contribution in [2.45, 2.75) is 51.0 Å². The molecule has 1 aromatic rings. The molecule has 3 aliphatic rings. The smallest absolute Gasteiger partial charge is 0.321 e. The fourth-order valence-corrected chi connectivity index (χ4v) is 6.03. The number of hydrogen-bond donors (Lipinski definition) is 2. The first-order valence-corrected chi connectivity index (χ1v) is 13.2. The number of benzene rings is 1. The van der Waals surface area contributed by atoms with Crippen molar-refractivity contribution in [3.8, 4) is 0 Å². The van der Waals surface area contributed by atoms with Crippen LogP contribution in [0.3, 0.4) is 0 Å². The van der Waals surface area contributed by atoms with Crippen molar-refractivity contribution in [2.75, 3.05) is 35.2 Å². The molecule has 2 N–H and O–H groups in total. The molecule has 0 saturated carbocycles. The fourth-order valence-electron chi connectivity index (χ4n) is 4.34. The summed E-state index contributed by atoms with van der Waals surface area (Å²) in [5.41, 5.74) is 1.24. The summed E-state index contributed by atoms with van der Waals surface area (Å²) < 4.78 is 23.5. The minimum Gasteiger partial charge on any atom is -0.325 e. The Morgan fingerprint density at radius 2 is 1.70 bits per heavy atom. The molecule has 33 heavy (non-hydrogen) atoms. The number of amides is 4. The van der Waals surface area contributed by atoms with Gasteiger partial charge in [-0.15, -0.1) is 0 Å². The van der Waals surface area contributed by atoms with Crippen LogP contribution in [0.5, 0.6) is 0 Å². The molecule has 0 radical (unpaired) electrons. The van der Waals surface area contributed by atoms with E-state index in [9.17, 15) is 22.8 Å². The second kappa shape index (κ2) is 9.90. The molecule has 4 rings (SSSR count). The lowest BCUT2D eigenvalue weighted by Crippen LogP contribution is -2.42. The first kappa shape index (κ1) is 23.2. The summed E-state index contributed by atoms with van der Waals surface area (Å²) in [6.45, 7) is 1.47. The van der Waals surface area contributed by atoms with E-state index in [1.165, 1.54) is 5.01 Å². The average molecular weight is 476 g/mol. The maximum atomic E-state index is 12.8. The van der Waals surface area contributed by atoms with Crippen LogP contribution >= 0.6 is 0 Å². The molecule has 0 spiro atoms. The lowest BCUT2D eigenvalue weighted by atomic mass is 10.1. The Bertz CT molecular complexity index is 1060. The molecule has 0 bridgehead atoms. The van der Waals surface area contributed by atoms with E-state index < -0.39 is 21.8 Å². The van der Waals surface area contributed by atoms with Gasteiger partial charge in [-0.2, -0.15) is 5.10 Å². The third-order valence-corrected chi connectivity index (χ3v) is 7.89. The Morgan fingerprint density at radius 3 is 2.36 bits per heavy atom. The highest BCUT2D eigenvalue weighted by Gasteiger charge is 2.37. The molecular formula is C22H29N5O5S. The van der Waals surface area contributed by atoms with Crippen LogP contribution < -0.4 is 10.6 Å². The topological polar surface area (TPSA) is 128 Å². The molecule has 178 valence electrons. The van der Waals surface area contributed by atoms with Crippen molar-refractivity contribution in [3.63, 3.8) is 0 Å². The predicted octanol–water partition coefficient (Wildman–Crippen LogP) is 2.20. The van der Waals surface area contributed by atoms with Crippen molar-refractivity contribution in [1.29, 1.82) is 0 Å². The highest BCUT2D eigenvalue weighted by molar-refractivity contribution is 7.91. The minimum absolute atomic E-state index is 0.0223. The SMILES string of the molecule is O=C(Nc1cccc(NC(=O)N2CCCCCC2)c1)C1=NN([C@@H]2CCS(=O)(=O)C2)C(=O)CC1. The minimum atomic E-state index is -3.18. The molecule has 0 aliphatic carbocycles. The van der Waals surface area contributed by atoms with Crippen molar-refractivity contribution in [1.82, 2.24) is 9.91 Å². The summed E-state index contributed by atoms with van der Waals surface area (Å²) in [5, 5.41) is 11.0. The monoisotopic (exact) mass is 475 g/mol. The first-order valence-electron chi connectivity index (χ1n) is 11.4. The molecule has 3 aliphatic heterocycles. The summed E-state index contributed by atoms with van der Waals surface area (Å²) >= 11 is 0. The number of nitrogens with zero attached hydrogens (tertiary/aromatic N) is 3. The molecule has 0 unspecified atom stereocenters. The Labute approximate surface area is 193 Å².